The molecule has 0 bridgehead atoms. The number of benzene rings is 2. The minimum absolute atomic E-state index is 0.241. The third-order valence-corrected chi connectivity index (χ3v) is 3.72. The highest BCUT2D eigenvalue weighted by atomic mass is 35.5. The maximum absolute atomic E-state index is 13.4. The largest absolute Gasteiger partial charge is 0.207 e. The van der Waals surface area contributed by atoms with E-state index < -0.39 is 5.38 Å². The Morgan fingerprint density at radius 3 is 2.32 bits per heavy atom. The molecule has 0 saturated carbocycles. The van der Waals surface area contributed by atoms with Crippen LogP contribution in [0.5, 0.6) is 0 Å². The van der Waals surface area contributed by atoms with Crippen LogP contribution in [0.4, 0.5) is 8.78 Å². The topological polar surface area (TPSA) is 0 Å². The van der Waals surface area contributed by atoms with E-state index >= 15 is 0 Å². The second-order valence-electron chi connectivity index (χ2n) is 4.55. The van der Waals surface area contributed by atoms with Gasteiger partial charge in [-0.3, -0.25) is 0 Å². The lowest BCUT2D eigenvalue weighted by Crippen LogP contribution is -1.98. The number of hydrogen-bond donors (Lipinski definition) is 0. The normalized spacial score (nSPS) is 12.5. The molecular weight excluding hydrogens is 289 g/mol. The first kappa shape index (κ1) is 14.3. The average Bonchev–Trinajstić information content (AvgIpc) is 2.31. The maximum Gasteiger partial charge on any atom is 0.127 e. The molecule has 0 aromatic heterocycles. The van der Waals surface area contributed by atoms with Crippen molar-refractivity contribution >= 4 is 23.2 Å². The fourth-order valence-electron chi connectivity index (χ4n) is 1.96. The van der Waals surface area contributed by atoms with Gasteiger partial charge in [0.15, 0.2) is 0 Å². The molecule has 1 unspecified atom stereocenters. The first-order valence-electron chi connectivity index (χ1n) is 5.75. The SMILES string of the molecule is Cc1cc(F)cc(C(Cl)c2cc(C)c(F)cc2Cl)c1. The molecule has 0 N–H and O–H groups in total. The number of aryl methyl sites for hydroxylation is 2. The van der Waals surface area contributed by atoms with Crippen molar-refractivity contribution in [1.29, 1.82) is 0 Å². The molecule has 100 valence electrons. The molecule has 0 radical (unpaired) electrons. The Morgan fingerprint density at radius 1 is 1.00 bits per heavy atom. The molecule has 0 heterocycles. The summed E-state index contributed by atoms with van der Waals surface area (Å²) in [5.41, 5.74) is 2.41. The van der Waals surface area contributed by atoms with E-state index in [0.29, 0.717) is 16.7 Å². The molecule has 0 amide bonds. The van der Waals surface area contributed by atoms with Crippen molar-refractivity contribution in [2.24, 2.45) is 0 Å². The highest BCUT2D eigenvalue weighted by Crippen LogP contribution is 2.35. The van der Waals surface area contributed by atoms with Crippen LogP contribution in [-0.2, 0) is 0 Å². The van der Waals surface area contributed by atoms with Gasteiger partial charge in [0.25, 0.3) is 0 Å². The van der Waals surface area contributed by atoms with Crippen molar-refractivity contribution in [2.45, 2.75) is 19.2 Å². The van der Waals surface area contributed by atoms with Gasteiger partial charge in [-0.05, 0) is 60.4 Å². The molecule has 1 atom stereocenters. The highest BCUT2D eigenvalue weighted by Gasteiger charge is 2.17. The van der Waals surface area contributed by atoms with E-state index in [9.17, 15) is 8.78 Å². The second-order valence-corrected chi connectivity index (χ2v) is 5.39. The van der Waals surface area contributed by atoms with Gasteiger partial charge >= 0.3 is 0 Å². The smallest absolute Gasteiger partial charge is 0.127 e. The van der Waals surface area contributed by atoms with Crippen LogP contribution in [0.3, 0.4) is 0 Å². The molecule has 0 aliphatic rings. The Kier molecular flexibility index (Phi) is 4.12. The lowest BCUT2D eigenvalue weighted by molar-refractivity contribution is 0.617. The monoisotopic (exact) mass is 300 g/mol. The molecule has 0 fully saturated rings. The number of rotatable bonds is 2. The Bertz CT molecular complexity index is 604. The van der Waals surface area contributed by atoms with E-state index in [1.807, 2.05) is 0 Å². The molecule has 0 aliphatic carbocycles. The van der Waals surface area contributed by atoms with Crippen LogP contribution in [0.25, 0.3) is 0 Å². The fraction of sp³-hybridized carbons (Fsp3) is 0.200. The molecule has 2 rings (SSSR count). The molecule has 19 heavy (non-hydrogen) atoms. The number of alkyl halides is 1. The molecule has 2 aromatic rings. The predicted molar refractivity (Wildman–Crippen MR) is 75.0 cm³/mol. The van der Waals surface area contributed by atoms with Crippen LogP contribution < -0.4 is 0 Å². The maximum atomic E-state index is 13.4. The van der Waals surface area contributed by atoms with Gasteiger partial charge in [0, 0.05) is 5.02 Å². The zero-order chi connectivity index (χ0) is 14.2. The summed E-state index contributed by atoms with van der Waals surface area (Å²) in [5.74, 6) is -0.733. The Balaban J connectivity index is 2.49. The lowest BCUT2D eigenvalue weighted by Gasteiger charge is -2.14. The van der Waals surface area contributed by atoms with E-state index in [2.05, 4.69) is 0 Å². The van der Waals surface area contributed by atoms with Crippen molar-refractivity contribution in [3.05, 3.63) is 69.2 Å². The van der Waals surface area contributed by atoms with E-state index in [1.54, 1.807) is 26.0 Å². The lowest BCUT2D eigenvalue weighted by atomic mass is 10.0. The minimum Gasteiger partial charge on any atom is -0.207 e. The number of hydrogen-bond acceptors (Lipinski definition) is 0. The van der Waals surface area contributed by atoms with Crippen molar-refractivity contribution in [3.63, 3.8) is 0 Å². The van der Waals surface area contributed by atoms with Gasteiger partial charge in [-0.15, -0.1) is 11.6 Å². The van der Waals surface area contributed by atoms with Gasteiger partial charge in [0.2, 0.25) is 0 Å². The third-order valence-electron chi connectivity index (χ3n) is 2.91. The van der Waals surface area contributed by atoms with Crippen molar-refractivity contribution in [1.82, 2.24) is 0 Å². The van der Waals surface area contributed by atoms with Gasteiger partial charge in [-0.25, -0.2) is 8.78 Å². The van der Waals surface area contributed by atoms with Crippen LogP contribution in [0.2, 0.25) is 5.02 Å². The molecule has 0 nitrogen and oxygen atoms in total. The average molecular weight is 301 g/mol. The van der Waals surface area contributed by atoms with Crippen LogP contribution >= 0.6 is 23.2 Å². The zero-order valence-electron chi connectivity index (χ0n) is 10.5. The van der Waals surface area contributed by atoms with Gasteiger partial charge in [0.1, 0.15) is 11.6 Å². The summed E-state index contributed by atoms with van der Waals surface area (Å²) in [7, 11) is 0. The second kappa shape index (κ2) is 5.48. The van der Waals surface area contributed by atoms with Gasteiger partial charge < -0.3 is 0 Å². The van der Waals surface area contributed by atoms with Crippen molar-refractivity contribution in [3.8, 4) is 0 Å². The quantitative estimate of drug-likeness (QED) is 0.637. The zero-order valence-corrected chi connectivity index (χ0v) is 12.0. The molecule has 0 spiro atoms. The summed E-state index contributed by atoms with van der Waals surface area (Å²) >= 11 is 12.3. The van der Waals surface area contributed by atoms with Crippen LogP contribution in [-0.4, -0.2) is 0 Å². The first-order valence-corrected chi connectivity index (χ1v) is 6.56. The molecule has 0 saturated heterocycles. The van der Waals surface area contributed by atoms with E-state index in [4.69, 9.17) is 23.2 Å². The Morgan fingerprint density at radius 2 is 1.68 bits per heavy atom. The van der Waals surface area contributed by atoms with Crippen molar-refractivity contribution in [2.75, 3.05) is 0 Å². The molecule has 2 aromatic carbocycles. The van der Waals surface area contributed by atoms with Gasteiger partial charge in [-0.2, -0.15) is 0 Å². The summed E-state index contributed by atoms with van der Waals surface area (Å²) in [6.07, 6.45) is 0. The highest BCUT2D eigenvalue weighted by molar-refractivity contribution is 6.33. The van der Waals surface area contributed by atoms with Gasteiger partial charge in [0.05, 0.1) is 5.38 Å². The first-order chi connectivity index (χ1) is 8.88. The minimum atomic E-state index is -0.610. The van der Waals surface area contributed by atoms with E-state index in [-0.39, 0.29) is 16.7 Å². The summed E-state index contributed by atoms with van der Waals surface area (Å²) in [5, 5.41) is -0.369. The molecular formula is C15H12Cl2F2. The predicted octanol–water partition coefficient (Wildman–Crippen LogP) is 5.56. The van der Waals surface area contributed by atoms with Crippen molar-refractivity contribution < 1.29 is 8.78 Å². The van der Waals surface area contributed by atoms with Crippen LogP contribution in [0.15, 0.2) is 30.3 Å². The van der Waals surface area contributed by atoms with Gasteiger partial charge in [-0.1, -0.05) is 17.7 Å². The number of halogens is 4. The summed E-state index contributed by atoms with van der Waals surface area (Å²) < 4.78 is 26.8. The standard InChI is InChI=1S/C15H12Cl2F2/c1-8-3-10(6-11(18)4-8)15(17)12-5-9(2)14(19)7-13(12)16/h3-7,15H,1-2H3. The molecule has 4 heteroatoms. The Hall–Kier alpha value is -1.12. The fourth-order valence-corrected chi connectivity index (χ4v) is 2.59. The summed E-state index contributed by atoms with van der Waals surface area (Å²) in [4.78, 5) is 0. The summed E-state index contributed by atoms with van der Waals surface area (Å²) in [6, 6.07) is 7.39. The summed E-state index contributed by atoms with van der Waals surface area (Å²) in [6.45, 7) is 3.42. The van der Waals surface area contributed by atoms with E-state index in [1.165, 1.54) is 18.2 Å². The van der Waals surface area contributed by atoms with E-state index in [0.717, 1.165) is 5.56 Å². The van der Waals surface area contributed by atoms with Crippen LogP contribution in [0, 0.1) is 25.5 Å². The Labute approximate surface area is 121 Å². The third kappa shape index (κ3) is 3.07. The van der Waals surface area contributed by atoms with Crippen LogP contribution in [0.1, 0.15) is 27.6 Å². The molecule has 0 aliphatic heterocycles.